The summed E-state index contributed by atoms with van der Waals surface area (Å²) in [5, 5.41) is 10.4. The van der Waals surface area contributed by atoms with Crippen LogP contribution >= 0.6 is 0 Å². The summed E-state index contributed by atoms with van der Waals surface area (Å²) in [5.41, 5.74) is 1.56. The molecule has 2 aromatic rings. The number of amides is 2. The third-order valence-corrected chi connectivity index (χ3v) is 3.57. The smallest absolute Gasteiger partial charge is 0.272 e. The average Bonchev–Trinajstić information content (AvgIpc) is 3.19. The van der Waals surface area contributed by atoms with E-state index in [0.717, 1.165) is 6.42 Å². The van der Waals surface area contributed by atoms with E-state index in [-0.39, 0.29) is 18.2 Å². The van der Waals surface area contributed by atoms with Crippen molar-refractivity contribution in [2.45, 2.75) is 12.8 Å². The predicted molar refractivity (Wildman–Crippen MR) is 75.7 cm³/mol. The normalized spacial score (nSPS) is 14.8. The Hall–Kier alpha value is -2.48. The van der Waals surface area contributed by atoms with Crippen molar-refractivity contribution in [2.75, 3.05) is 26.8 Å². The molecule has 1 aliphatic heterocycles. The lowest BCUT2D eigenvalue weighted by Gasteiger charge is -2.27. The lowest BCUT2D eigenvalue weighted by atomic mass is 10.2. The molecule has 1 fully saturated rings. The first-order valence-corrected chi connectivity index (χ1v) is 7.04. The molecule has 3 rings (SSSR count). The van der Waals surface area contributed by atoms with Crippen LogP contribution in [-0.4, -0.2) is 59.0 Å². The van der Waals surface area contributed by atoms with Crippen LogP contribution in [0.25, 0.3) is 11.0 Å². The number of ether oxygens (including phenoxy) is 1. The minimum Gasteiger partial charge on any atom is -0.384 e. The van der Waals surface area contributed by atoms with Crippen LogP contribution in [0, 0.1) is 0 Å². The van der Waals surface area contributed by atoms with Gasteiger partial charge < -0.3 is 4.74 Å². The zero-order chi connectivity index (χ0) is 15.5. The largest absolute Gasteiger partial charge is 0.384 e. The predicted octanol–water partition coefficient (Wildman–Crippen LogP) is 0.849. The van der Waals surface area contributed by atoms with Crippen molar-refractivity contribution >= 4 is 22.8 Å². The number of nitrogens with zero attached hydrogens (tertiary/aromatic N) is 4. The van der Waals surface area contributed by atoms with Gasteiger partial charge in [0.1, 0.15) is 11.0 Å². The fraction of sp³-hybridized carbons (Fsp3) is 0.429. The number of rotatable bonds is 4. The minimum absolute atomic E-state index is 0.114. The number of aromatic nitrogens is 2. The van der Waals surface area contributed by atoms with Gasteiger partial charge in [-0.1, -0.05) is 0 Å². The van der Waals surface area contributed by atoms with Crippen molar-refractivity contribution < 1.29 is 19.0 Å². The molecule has 0 spiro atoms. The second-order valence-electron chi connectivity index (χ2n) is 5.01. The first-order chi connectivity index (χ1) is 10.7. The summed E-state index contributed by atoms with van der Waals surface area (Å²) in [7, 11) is 1.54. The molecule has 116 valence electrons. The van der Waals surface area contributed by atoms with Crippen molar-refractivity contribution in [1.82, 2.24) is 20.3 Å². The van der Waals surface area contributed by atoms with E-state index in [0.29, 0.717) is 36.3 Å². The van der Waals surface area contributed by atoms with Gasteiger partial charge in [-0.05, 0) is 34.9 Å². The highest BCUT2D eigenvalue weighted by Gasteiger charge is 2.31. The van der Waals surface area contributed by atoms with Gasteiger partial charge in [-0.15, -0.1) is 0 Å². The molecule has 0 atom stereocenters. The van der Waals surface area contributed by atoms with Crippen LogP contribution in [0.1, 0.15) is 23.2 Å². The van der Waals surface area contributed by atoms with Crippen LogP contribution in [0.4, 0.5) is 0 Å². The molecule has 0 saturated carbocycles. The second-order valence-corrected chi connectivity index (χ2v) is 5.01. The molecule has 0 radical (unpaired) electrons. The quantitative estimate of drug-likeness (QED) is 0.832. The van der Waals surface area contributed by atoms with Crippen LogP contribution in [0.5, 0.6) is 0 Å². The SMILES string of the molecule is COCCC(=O)N1CCCN1C(=O)c1ccc2nonc2c1. The van der Waals surface area contributed by atoms with Crippen LogP contribution in [-0.2, 0) is 9.53 Å². The number of fused-ring (bicyclic) bond motifs is 1. The Morgan fingerprint density at radius 2 is 2.00 bits per heavy atom. The van der Waals surface area contributed by atoms with Gasteiger partial charge in [0.2, 0.25) is 5.91 Å². The van der Waals surface area contributed by atoms with Crippen molar-refractivity contribution in [3.8, 4) is 0 Å². The molecule has 1 aromatic heterocycles. The Balaban J connectivity index is 1.79. The van der Waals surface area contributed by atoms with Crippen LogP contribution < -0.4 is 0 Å². The molecular formula is C14H16N4O4. The molecule has 8 heteroatoms. The Morgan fingerprint density at radius 1 is 1.23 bits per heavy atom. The molecule has 1 aliphatic rings. The monoisotopic (exact) mass is 304 g/mol. The lowest BCUT2D eigenvalue weighted by molar-refractivity contribution is -0.141. The van der Waals surface area contributed by atoms with E-state index >= 15 is 0 Å². The number of methoxy groups -OCH3 is 1. The van der Waals surface area contributed by atoms with Gasteiger partial charge in [-0.25, -0.2) is 9.64 Å². The highest BCUT2D eigenvalue weighted by atomic mass is 16.6. The van der Waals surface area contributed by atoms with E-state index in [9.17, 15) is 9.59 Å². The topological polar surface area (TPSA) is 88.8 Å². The number of carbonyl (C=O) groups is 2. The minimum atomic E-state index is -0.229. The first-order valence-electron chi connectivity index (χ1n) is 7.04. The van der Waals surface area contributed by atoms with Crippen LogP contribution in [0.2, 0.25) is 0 Å². The Kier molecular flexibility index (Phi) is 4.01. The highest BCUT2D eigenvalue weighted by Crippen LogP contribution is 2.18. The summed E-state index contributed by atoms with van der Waals surface area (Å²) in [6.45, 7) is 1.41. The van der Waals surface area contributed by atoms with Gasteiger partial charge in [0.25, 0.3) is 5.91 Å². The van der Waals surface area contributed by atoms with Gasteiger partial charge >= 0.3 is 0 Å². The van der Waals surface area contributed by atoms with Crippen molar-refractivity contribution in [3.05, 3.63) is 23.8 Å². The molecule has 1 saturated heterocycles. The van der Waals surface area contributed by atoms with Gasteiger partial charge in [0.15, 0.2) is 0 Å². The Labute approximate surface area is 126 Å². The molecule has 1 aromatic carbocycles. The lowest BCUT2D eigenvalue weighted by Crippen LogP contribution is -2.45. The fourth-order valence-electron chi connectivity index (χ4n) is 2.46. The standard InChI is InChI=1S/C14H16N4O4/c1-21-8-5-13(19)17-6-2-7-18(17)14(20)10-3-4-11-12(9-10)16-22-15-11/h3-4,9H,2,5-8H2,1H3. The number of hydrogen-bond donors (Lipinski definition) is 0. The third-order valence-electron chi connectivity index (χ3n) is 3.57. The zero-order valence-corrected chi connectivity index (χ0v) is 12.2. The van der Waals surface area contributed by atoms with E-state index < -0.39 is 0 Å². The van der Waals surface area contributed by atoms with E-state index in [1.807, 2.05) is 0 Å². The first kappa shape index (κ1) is 14.5. The summed E-state index contributed by atoms with van der Waals surface area (Å²) >= 11 is 0. The van der Waals surface area contributed by atoms with Crippen LogP contribution in [0.3, 0.4) is 0 Å². The zero-order valence-electron chi connectivity index (χ0n) is 12.2. The maximum Gasteiger partial charge on any atom is 0.272 e. The molecule has 8 nitrogen and oxygen atoms in total. The van der Waals surface area contributed by atoms with E-state index in [4.69, 9.17) is 4.74 Å². The van der Waals surface area contributed by atoms with Crippen molar-refractivity contribution in [2.24, 2.45) is 0 Å². The number of hydrogen-bond acceptors (Lipinski definition) is 6. The summed E-state index contributed by atoms with van der Waals surface area (Å²) < 4.78 is 9.54. The summed E-state index contributed by atoms with van der Waals surface area (Å²) in [6, 6.07) is 4.95. The molecular weight excluding hydrogens is 288 g/mol. The van der Waals surface area contributed by atoms with Crippen LogP contribution in [0.15, 0.2) is 22.8 Å². The van der Waals surface area contributed by atoms with Gasteiger partial charge in [0, 0.05) is 25.8 Å². The van der Waals surface area contributed by atoms with E-state index in [2.05, 4.69) is 14.9 Å². The molecule has 0 bridgehead atoms. The molecule has 0 N–H and O–H groups in total. The van der Waals surface area contributed by atoms with Crippen molar-refractivity contribution in [1.29, 1.82) is 0 Å². The summed E-state index contributed by atoms with van der Waals surface area (Å²) in [5.74, 6) is -0.343. The maximum absolute atomic E-state index is 12.6. The molecule has 0 aliphatic carbocycles. The second kappa shape index (κ2) is 6.10. The van der Waals surface area contributed by atoms with E-state index in [1.54, 1.807) is 25.3 Å². The molecule has 0 unspecified atom stereocenters. The van der Waals surface area contributed by atoms with Gasteiger partial charge in [0.05, 0.1) is 13.0 Å². The third kappa shape index (κ3) is 2.64. The van der Waals surface area contributed by atoms with Crippen molar-refractivity contribution in [3.63, 3.8) is 0 Å². The van der Waals surface area contributed by atoms with Gasteiger partial charge in [-0.2, -0.15) is 0 Å². The number of hydrazine groups is 1. The highest BCUT2D eigenvalue weighted by molar-refractivity contribution is 5.98. The fourth-order valence-corrected chi connectivity index (χ4v) is 2.46. The Bertz CT molecular complexity index is 699. The molecule has 2 heterocycles. The maximum atomic E-state index is 12.6. The average molecular weight is 304 g/mol. The summed E-state index contributed by atoms with van der Waals surface area (Å²) in [6.07, 6.45) is 1.02. The van der Waals surface area contributed by atoms with Gasteiger partial charge in [-0.3, -0.25) is 14.6 Å². The Morgan fingerprint density at radius 3 is 2.82 bits per heavy atom. The number of benzene rings is 1. The summed E-state index contributed by atoms with van der Waals surface area (Å²) in [4.78, 5) is 24.8. The van der Waals surface area contributed by atoms with E-state index in [1.165, 1.54) is 10.0 Å². The molecule has 22 heavy (non-hydrogen) atoms. The number of carbonyl (C=O) groups excluding carboxylic acids is 2. The molecule has 2 amide bonds.